The second kappa shape index (κ2) is 6.16. The number of carbonyl (C=O) groups excluding carboxylic acids is 1. The molecule has 114 valence electrons. The third kappa shape index (κ3) is 3.11. The maximum Gasteiger partial charge on any atom is 0.222 e. The summed E-state index contributed by atoms with van der Waals surface area (Å²) in [6.45, 7) is 1.41. The van der Waals surface area contributed by atoms with Gasteiger partial charge in [-0.2, -0.15) is 0 Å². The second-order valence-electron chi connectivity index (χ2n) is 6.54. The second-order valence-corrected chi connectivity index (χ2v) is 6.54. The van der Waals surface area contributed by atoms with Crippen LogP contribution < -0.4 is 11.5 Å². The van der Waals surface area contributed by atoms with Crippen molar-refractivity contribution in [2.45, 2.75) is 43.7 Å². The van der Waals surface area contributed by atoms with Gasteiger partial charge in [0.2, 0.25) is 5.91 Å². The highest BCUT2D eigenvalue weighted by molar-refractivity contribution is 5.77. The fourth-order valence-electron chi connectivity index (χ4n) is 3.76. The molecule has 4 N–H and O–H groups in total. The van der Waals surface area contributed by atoms with Crippen LogP contribution in [0.1, 0.15) is 37.2 Å². The summed E-state index contributed by atoms with van der Waals surface area (Å²) in [6, 6.07) is 10.5. The molecule has 1 aliphatic carbocycles. The molecule has 1 aromatic rings. The molecule has 4 atom stereocenters. The molecular formula is C17H25N3O. The van der Waals surface area contributed by atoms with Gasteiger partial charge in [0, 0.05) is 37.5 Å². The number of carbonyl (C=O) groups is 1. The smallest absolute Gasteiger partial charge is 0.222 e. The van der Waals surface area contributed by atoms with Gasteiger partial charge in [-0.25, -0.2) is 0 Å². The van der Waals surface area contributed by atoms with Crippen molar-refractivity contribution in [1.29, 1.82) is 0 Å². The lowest BCUT2D eigenvalue weighted by molar-refractivity contribution is -0.131. The van der Waals surface area contributed by atoms with Crippen LogP contribution in [0.2, 0.25) is 0 Å². The Balaban J connectivity index is 1.61. The molecule has 4 nitrogen and oxygen atoms in total. The molecular weight excluding hydrogens is 262 g/mol. The standard InChI is InChI=1S/C17H25N3O/c18-15-8-4-7-13(15)9-17(21)20-10-14(16(19)11-20)12-5-2-1-3-6-12/h1-3,5-6,13-16H,4,7-11,18-19H2/t13-,14-,15+,16+/m0/s1. The summed E-state index contributed by atoms with van der Waals surface area (Å²) in [5, 5.41) is 0. The summed E-state index contributed by atoms with van der Waals surface area (Å²) in [5.41, 5.74) is 13.6. The predicted octanol–water partition coefficient (Wildman–Crippen LogP) is 1.46. The lowest BCUT2D eigenvalue weighted by Crippen LogP contribution is -2.35. The Kier molecular flexibility index (Phi) is 4.27. The number of hydrogen-bond donors (Lipinski definition) is 2. The fraction of sp³-hybridized carbons (Fsp3) is 0.588. The van der Waals surface area contributed by atoms with Crippen molar-refractivity contribution in [3.8, 4) is 0 Å². The minimum absolute atomic E-state index is 0.0357. The fourth-order valence-corrected chi connectivity index (χ4v) is 3.76. The summed E-state index contributed by atoms with van der Waals surface area (Å²) in [7, 11) is 0. The van der Waals surface area contributed by atoms with Crippen molar-refractivity contribution in [3.05, 3.63) is 35.9 Å². The Hall–Kier alpha value is -1.39. The van der Waals surface area contributed by atoms with Crippen LogP contribution in [0.3, 0.4) is 0 Å². The van der Waals surface area contributed by atoms with E-state index in [0.29, 0.717) is 18.9 Å². The maximum atomic E-state index is 12.5. The van der Waals surface area contributed by atoms with E-state index >= 15 is 0 Å². The number of hydrogen-bond acceptors (Lipinski definition) is 3. The zero-order chi connectivity index (χ0) is 14.8. The number of benzene rings is 1. The zero-order valence-corrected chi connectivity index (χ0v) is 12.4. The lowest BCUT2D eigenvalue weighted by atomic mass is 9.95. The van der Waals surface area contributed by atoms with E-state index in [2.05, 4.69) is 12.1 Å². The molecule has 0 radical (unpaired) electrons. The SMILES string of the molecule is N[C@@H]1CCC[C@H]1CC(=O)N1C[C@@H](N)[C@H](c2ccccc2)C1. The van der Waals surface area contributed by atoms with Gasteiger partial charge in [-0.05, 0) is 24.3 Å². The topological polar surface area (TPSA) is 72.4 Å². The van der Waals surface area contributed by atoms with Crippen LogP contribution in [0.5, 0.6) is 0 Å². The van der Waals surface area contributed by atoms with Crippen LogP contribution in [0.4, 0.5) is 0 Å². The Morgan fingerprint density at radius 2 is 1.86 bits per heavy atom. The van der Waals surface area contributed by atoms with Crippen molar-refractivity contribution >= 4 is 5.91 Å². The minimum Gasteiger partial charge on any atom is -0.340 e. The predicted molar refractivity (Wildman–Crippen MR) is 83.7 cm³/mol. The van der Waals surface area contributed by atoms with Crippen LogP contribution in [0.25, 0.3) is 0 Å². The van der Waals surface area contributed by atoms with Crippen LogP contribution in [-0.4, -0.2) is 36.0 Å². The van der Waals surface area contributed by atoms with Gasteiger partial charge in [0.05, 0.1) is 0 Å². The molecule has 3 rings (SSSR count). The minimum atomic E-state index is 0.0357. The third-order valence-corrected chi connectivity index (χ3v) is 5.10. The van der Waals surface area contributed by atoms with E-state index in [1.807, 2.05) is 23.1 Å². The molecule has 1 aromatic carbocycles. The van der Waals surface area contributed by atoms with Crippen molar-refractivity contribution in [2.75, 3.05) is 13.1 Å². The first-order chi connectivity index (χ1) is 10.1. The van der Waals surface area contributed by atoms with Gasteiger partial charge in [0.15, 0.2) is 0 Å². The first-order valence-corrected chi connectivity index (χ1v) is 7.99. The van der Waals surface area contributed by atoms with Gasteiger partial charge in [0.1, 0.15) is 0 Å². The molecule has 0 bridgehead atoms. The first kappa shape index (κ1) is 14.5. The van der Waals surface area contributed by atoms with Crippen LogP contribution in [-0.2, 0) is 4.79 Å². The largest absolute Gasteiger partial charge is 0.340 e. The van der Waals surface area contributed by atoms with E-state index in [0.717, 1.165) is 25.8 Å². The normalized spacial score (nSPS) is 32.6. The molecule has 1 amide bonds. The summed E-state index contributed by atoms with van der Waals surface area (Å²) < 4.78 is 0. The summed E-state index contributed by atoms with van der Waals surface area (Å²) >= 11 is 0. The van der Waals surface area contributed by atoms with Crippen LogP contribution in [0, 0.1) is 5.92 Å². The van der Waals surface area contributed by atoms with Gasteiger partial charge in [-0.3, -0.25) is 4.79 Å². The van der Waals surface area contributed by atoms with Crippen molar-refractivity contribution in [1.82, 2.24) is 4.90 Å². The molecule has 21 heavy (non-hydrogen) atoms. The van der Waals surface area contributed by atoms with E-state index in [4.69, 9.17) is 11.5 Å². The quantitative estimate of drug-likeness (QED) is 0.884. The first-order valence-electron chi connectivity index (χ1n) is 7.99. The Labute approximate surface area is 126 Å². The Morgan fingerprint density at radius 1 is 1.10 bits per heavy atom. The number of nitrogens with two attached hydrogens (primary N) is 2. The molecule has 1 saturated carbocycles. The van der Waals surface area contributed by atoms with E-state index in [1.165, 1.54) is 5.56 Å². The molecule has 0 unspecified atom stereocenters. The number of amides is 1. The van der Waals surface area contributed by atoms with Crippen molar-refractivity contribution in [3.63, 3.8) is 0 Å². The van der Waals surface area contributed by atoms with Crippen molar-refractivity contribution < 1.29 is 4.79 Å². The summed E-state index contributed by atoms with van der Waals surface area (Å²) in [5.74, 6) is 0.850. The third-order valence-electron chi connectivity index (χ3n) is 5.10. The number of nitrogens with zero attached hydrogens (tertiary/aromatic N) is 1. The zero-order valence-electron chi connectivity index (χ0n) is 12.4. The maximum absolute atomic E-state index is 12.5. The van der Waals surface area contributed by atoms with Gasteiger partial charge in [-0.1, -0.05) is 36.8 Å². The van der Waals surface area contributed by atoms with E-state index in [-0.39, 0.29) is 23.9 Å². The highest BCUT2D eigenvalue weighted by Gasteiger charge is 2.35. The molecule has 1 aliphatic heterocycles. The monoisotopic (exact) mass is 287 g/mol. The number of likely N-dealkylation sites (tertiary alicyclic amines) is 1. The highest BCUT2D eigenvalue weighted by Crippen LogP contribution is 2.30. The summed E-state index contributed by atoms with van der Waals surface area (Å²) in [4.78, 5) is 14.4. The van der Waals surface area contributed by atoms with Crippen LogP contribution >= 0.6 is 0 Å². The molecule has 4 heteroatoms. The lowest BCUT2D eigenvalue weighted by Gasteiger charge is -2.20. The van der Waals surface area contributed by atoms with Gasteiger partial charge < -0.3 is 16.4 Å². The highest BCUT2D eigenvalue weighted by atomic mass is 16.2. The molecule has 0 aromatic heterocycles. The average molecular weight is 287 g/mol. The Morgan fingerprint density at radius 3 is 2.52 bits per heavy atom. The molecule has 2 fully saturated rings. The van der Waals surface area contributed by atoms with E-state index in [1.54, 1.807) is 0 Å². The molecule has 2 aliphatic rings. The Bertz CT molecular complexity index is 490. The number of rotatable bonds is 3. The van der Waals surface area contributed by atoms with Crippen molar-refractivity contribution in [2.24, 2.45) is 17.4 Å². The van der Waals surface area contributed by atoms with E-state index in [9.17, 15) is 4.79 Å². The summed E-state index contributed by atoms with van der Waals surface area (Å²) in [6.07, 6.45) is 3.90. The van der Waals surface area contributed by atoms with Gasteiger partial charge in [0.25, 0.3) is 0 Å². The molecule has 1 heterocycles. The van der Waals surface area contributed by atoms with Gasteiger partial charge in [-0.15, -0.1) is 0 Å². The molecule has 0 spiro atoms. The molecule has 1 saturated heterocycles. The van der Waals surface area contributed by atoms with Crippen LogP contribution in [0.15, 0.2) is 30.3 Å². The average Bonchev–Trinajstić information content (AvgIpc) is 3.07. The van der Waals surface area contributed by atoms with Gasteiger partial charge >= 0.3 is 0 Å². The van der Waals surface area contributed by atoms with E-state index < -0.39 is 0 Å².